The largest absolute Gasteiger partial charge is 0.374 e. The van der Waals surface area contributed by atoms with Crippen LogP contribution in [0.15, 0.2) is 12.3 Å². The van der Waals surface area contributed by atoms with Gasteiger partial charge in [-0.3, -0.25) is 0 Å². The number of hydrogen-bond acceptors (Lipinski definition) is 1. The average molecular weight is 191 g/mol. The Morgan fingerprint density at radius 3 is 2.93 bits per heavy atom. The molecule has 0 aromatic rings. The molecular weight excluding hydrogens is 170 g/mol. The van der Waals surface area contributed by atoms with Crippen molar-refractivity contribution in [2.75, 3.05) is 6.54 Å². The highest BCUT2D eigenvalue weighted by Crippen LogP contribution is 2.46. The van der Waals surface area contributed by atoms with E-state index in [1.54, 1.807) is 0 Å². The van der Waals surface area contributed by atoms with Gasteiger partial charge in [0.2, 0.25) is 0 Å². The molecule has 0 bridgehead atoms. The first-order valence-electron chi connectivity index (χ1n) is 6.27. The summed E-state index contributed by atoms with van der Waals surface area (Å²) in [5, 5.41) is 0. The molecule has 0 amide bonds. The minimum absolute atomic E-state index is 0.887. The Morgan fingerprint density at radius 2 is 2.14 bits per heavy atom. The van der Waals surface area contributed by atoms with Gasteiger partial charge in [-0.2, -0.15) is 0 Å². The predicted octanol–water partition coefficient (Wildman–Crippen LogP) is 3.03. The van der Waals surface area contributed by atoms with Crippen molar-refractivity contribution < 1.29 is 0 Å². The quantitative estimate of drug-likeness (QED) is 0.569. The van der Waals surface area contributed by atoms with Crippen molar-refractivity contribution in [2.45, 2.75) is 45.1 Å². The number of rotatable bonds is 0. The molecule has 0 N–H and O–H groups in total. The summed E-state index contributed by atoms with van der Waals surface area (Å²) in [6, 6.07) is 0.887. The Bertz CT molecular complexity index is 246. The molecule has 0 aromatic heterocycles. The standard InChI is InChI=1S/C13H21N/c1-10-9-14-7-3-2-4-12(14)8-11-5-6-13(10)11/h3,7,10-13H,2,4-6,8-9H2,1H3. The van der Waals surface area contributed by atoms with E-state index < -0.39 is 0 Å². The maximum absolute atomic E-state index is 2.63. The van der Waals surface area contributed by atoms with Gasteiger partial charge >= 0.3 is 0 Å². The van der Waals surface area contributed by atoms with Crippen LogP contribution in [0, 0.1) is 17.8 Å². The molecule has 1 aliphatic carbocycles. The summed E-state index contributed by atoms with van der Waals surface area (Å²) >= 11 is 0. The summed E-state index contributed by atoms with van der Waals surface area (Å²) in [5.41, 5.74) is 0. The molecule has 78 valence electrons. The minimum atomic E-state index is 0.887. The van der Waals surface area contributed by atoms with E-state index in [4.69, 9.17) is 0 Å². The first kappa shape index (κ1) is 8.82. The van der Waals surface area contributed by atoms with Gasteiger partial charge in [0, 0.05) is 12.6 Å². The summed E-state index contributed by atoms with van der Waals surface area (Å²) in [6.45, 7) is 3.78. The zero-order valence-corrected chi connectivity index (χ0v) is 9.15. The van der Waals surface area contributed by atoms with E-state index >= 15 is 0 Å². The van der Waals surface area contributed by atoms with Crippen molar-refractivity contribution in [2.24, 2.45) is 17.8 Å². The fourth-order valence-corrected chi connectivity index (χ4v) is 3.70. The van der Waals surface area contributed by atoms with Gasteiger partial charge in [-0.05, 0) is 56.1 Å². The van der Waals surface area contributed by atoms with E-state index in [1.807, 2.05) is 0 Å². The predicted molar refractivity (Wildman–Crippen MR) is 58.9 cm³/mol. The lowest BCUT2D eigenvalue weighted by atomic mass is 9.66. The van der Waals surface area contributed by atoms with Crippen LogP contribution >= 0.6 is 0 Å². The summed E-state index contributed by atoms with van der Waals surface area (Å²) < 4.78 is 0. The molecule has 1 saturated heterocycles. The summed E-state index contributed by atoms with van der Waals surface area (Å²) in [4.78, 5) is 2.63. The lowest BCUT2D eigenvalue weighted by Crippen LogP contribution is -2.34. The van der Waals surface area contributed by atoms with Gasteiger partial charge < -0.3 is 4.90 Å². The molecule has 2 heterocycles. The molecule has 0 aromatic carbocycles. The van der Waals surface area contributed by atoms with Crippen molar-refractivity contribution in [3.63, 3.8) is 0 Å². The minimum Gasteiger partial charge on any atom is -0.374 e. The molecule has 3 aliphatic rings. The van der Waals surface area contributed by atoms with Crippen LogP contribution in [0.5, 0.6) is 0 Å². The Labute approximate surface area is 87.2 Å². The van der Waals surface area contributed by atoms with Gasteiger partial charge in [-0.1, -0.05) is 13.0 Å². The molecule has 1 nitrogen and oxygen atoms in total. The molecule has 14 heavy (non-hydrogen) atoms. The molecule has 1 saturated carbocycles. The number of allylic oxidation sites excluding steroid dienone is 1. The van der Waals surface area contributed by atoms with E-state index in [-0.39, 0.29) is 0 Å². The van der Waals surface area contributed by atoms with Crippen molar-refractivity contribution in [1.82, 2.24) is 4.90 Å². The third-order valence-electron chi connectivity index (χ3n) is 4.71. The molecule has 4 atom stereocenters. The SMILES string of the molecule is CC1CN2C=CCCC2CC2CCC12. The Hall–Kier alpha value is -0.460. The molecule has 0 radical (unpaired) electrons. The topological polar surface area (TPSA) is 3.24 Å². The Kier molecular flexibility index (Phi) is 2.07. The summed E-state index contributed by atoms with van der Waals surface area (Å²) in [6.07, 6.45) is 12.0. The Balaban J connectivity index is 1.80. The zero-order chi connectivity index (χ0) is 9.54. The monoisotopic (exact) mass is 191 g/mol. The maximum Gasteiger partial charge on any atom is 0.0290 e. The van der Waals surface area contributed by atoms with E-state index in [1.165, 1.54) is 38.6 Å². The molecule has 1 heteroatoms. The van der Waals surface area contributed by atoms with Crippen LogP contribution in [0.2, 0.25) is 0 Å². The third-order valence-corrected chi connectivity index (χ3v) is 4.71. The summed E-state index contributed by atoms with van der Waals surface area (Å²) in [5.74, 6) is 3.07. The van der Waals surface area contributed by atoms with E-state index in [2.05, 4.69) is 24.1 Å². The van der Waals surface area contributed by atoms with E-state index in [0.717, 1.165) is 23.8 Å². The second kappa shape index (κ2) is 3.29. The highest BCUT2D eigenvalue weighted by molar-refractivity contribution is 5.00. The summed E-state index contributed by atoms with van der Waals surface area (Å²) in [7, 11) is 0. The molecule has 2 fully saturated rings. The van der Waals surface area contributed by atoms with Crippen LogP contribution in [0.3, 0.4) is 0 Å². The molecule has 4 unspecified atom stereocenters. The average Bonchev–Trinajstić information content (AvgIpc) is 2.22. The van der Waals surface area contributed by atoms with Crippen molar-refractivity contribution >= 4 is 0 Å². The smallest absolute Gasteiger partial charge is 0.0290 e. The third kappa shape index (κ3) is 1.29. The van der Waals surface area contributed by atoms with Crippen LogP contribution in [-0.2, 0) is 0 Å². The second-order valence-corrected chi connectivity index (χ2v) is 5.53. The number of fused-ring (bicyclic) bond motifs is 2. The fourth-order valence-electron chi connectivity index (χ4n) is 3.70. The highest BCUT2D eigenvalue weighted by Gasteiger charge is 2.40. The van der Waals surface area contributed by atoms with Gasteiger partial charge in [0.1, 0.15) is 0 Å². The van der Waals surface area contributed by atoms with Crippen LogP contribution in [0.25, 0.3) is 0 Å². The van der Waals surface area contributed by atoms with Crippen molar-refractivity contribution in [3.05, 3.63) is 12.3 Å². The van der Waals surface area contributed by atoms with Crippen LogP contribution in [0.4, 0.5) is 0 Å². The van der Waals surface area contributed by atoms with E-state index in [0.29, 0.717) is 0 Å². The first-order chi connectivity index (χ1) is 6.84. The van der Waals surface area contributed by atoms with Gasteiger partial charge in [-0.15, -0.1) is 0 Å². The molecule has 3 rings (SSSR count). The van der Waals surface area contributed by atoms with Gasteiger partial charge in [0.05, 0.1) is 0 Å². The fraction of sp³-hybridized carbons (Fsp3) is 0.846. The molecule has 2 aliphatic heterocycles. The van der Waals surface area contributed by atoms with Crippen molar-refractivity contribution in [3.8, 4) is 0 Å². The van der Waals surface area contributed by atoms with Crippen LogP contribution in [-0.4, -0.2) is 17.5 Å². The van der Waals surface area contributed by atoms with Crippen LogP contribution < -0.4 is 0 Å². The number of nitrogens with zero attached hydrogens (tertiary/aromatic N) is 1. The van der Waals surface area contributed by atoms with Gasteiger partial charge in [-0.25, -0.2) is 0 Å². The lowest BCUT2D eigenvalue weighted by Gasteiger charge is -2.39. The number of hydrogen-bond donors (Lipinski definition) is 0. The lowest BCUT2D eigenvalue weighted by molar-refractivity contribution is 0.119. The van der Waals surface area contributed by atoms with Gasteiger partial charge in [0.15, 0.2) is 0 Å². The second-order valence-electron chi connectivity index (χ2n) is 5.53. The Morgan fingerprint density at radius 1 is 1.21 bits per heavy atom. The molecule has 0 spiro atoms. The van der Waals surface area contributed by atoms with Crippen LogP contribution in [0.1, 0.15) is 39.0 Å². The van der Waals surface area contributed by atoms with Crippen molar-refractivity contribution in [1.29, 1.82) is 0 Å². The maximum atomic E-state index is 2.63. The first-order valence-corrected chi connectivity index (χ1v) is 6.27. The normalized spacial score (nSPS) is 46.2. The zero-order valence-electron chi connectivity index (χ0n) is 9.15. The van der Waals surface area contributed by atoms with E-state index in [9.17, 15) is 0 Å². The van der Waals surface area contributed by atoms with Gasteiger partial charge in [0.25, 0.3) is 0 Å². The molecular formula is C13H21N. The highest BCUT2D eigenvalue weighted by atomic mass is 15.1.